The van der Waals surface area contributed by atoms with E-state index in [0.29, 0.717) is 22.1 Å². The van der Waals surface area contributed by atoms with Crippen LogP contribution in [0.2, 0.25) is 5.02 Å². The Balaban J connectivity index is 1.76. The molecule has 20 heavy (non-hydrogen) atoms. The van der Waals surface area contributed by atoms with Crippen LogP contribution in [0.4, 0.5) is 11.4 Å². The number of amides is 1. The molecule has 0 aliphatic heterocycles. The van der Waals surface area contributed by atoms with Crippen molar-refractivity contribution in [2.45, 2.75) is 6.42 Å². The minimum atomic E-state index is -0.134. The molecule has 1 aromatic heterocycles. The molecule has 0 unspecified atom stereocenters. The Morgan fingerprint density at radius 3 is 2.75 bits per heavy atom. The van der Waals surface area contributed by atoms with E-state index in [1.807, 2.05) is 0 Å². The number of carbonyl (C=O) groups excluding carboxylic acids is 1. The van der Waals surface area contributed by atoms with Gasteiger partial charge in [-0.2, -0.15) is 0 Å². The fourth-order valence-electron chi connectivity index (χ4n) is 1.52. The van der Waals surface area contributed by atoms with Crippen molar-refractivity contribution in [3.05, 3.63) is 47.7 Å². The fourth-order valence-corrected chi connectivity index (χ4v) is 1.69. The molecule has 104 valence electrons. The lowest BCUT2D eigenvalue weighted by atomic mass is 10.3. The molecule has 0 fully saturated rings. The van der Waals surface area contributed by atoms with Crippen molar-refractivity contribution in [3.8, 4) is 5.75 Å². The third-order valence-electron chi connectivity index (χ3n) is 2.47. The highest BCUT2D eigenvalue weighted by molar-refractivity contribution is 6.30. The van der Waals surface area contributed by atoms with Crippen LogP contribution in [0.5, 0.6) is 5.75 Å². The van der Waals surface area contributed by atoms with Gasteiger partial charge in [0.15, 0.2) is 0 Å². The maximum atomic E-state index is 11.7. The number of hydrogen-bond acceptors (Lipinski definition) is 4. The number of halogens is 1. The standard InChI is InChI=1S/C14H14ClN3O2/c15-10-7-13(9-17-8-10)20-6-5-14(19)18-12-3-1-11(16)2-4-12/h1-4,7-9H,5-6,16H2,(H,18,19). The van der Waals surface area contributed by atoms with Gasteiger partial charge in [-0.15, -0.1) is 0 Å². The number of benzene rings is 1. The lowest BCUT2D eigenvalue weighted by molar-refractivity contribution is -0.116. The van der Waals surface area contributed by atoms with Crippen LogP contribution >= 0.6 is 11.6 Å². The number of nitrogens with one attached hydrogen (secondary N) is 1. The molecule has 0 spiro atoms. The molecular weight excluding hydrogens is 278 g/mol. The molecule has 1 heterocycles. The Bertz CT molecular complexity index is 587. The van der Waals surface area contributed by atoms with E-state index in [0.717, 1.165) is 0 Å². The molecule has 1 aromatic carbocycles. The van der Waals surface area contributed by atoms with Crippen LogP contribution in [0.3, 0.4) is 0 Å². The van der Waals surface area contributed by atoms with Gasteiger partial charge < -0.3 is 15.8 Å². The SMILES string of the molecule is Nc1ccc(NC(=O)CCOc2cncc(Cl)c2)cc1. The van der Waals surface area contributed by atoms with Gasteiger partial charge in [-0.1, -0.05) is 11.6 Å². The van der Waals surface area contributed by atoms with Crippen LogP contribution in [0.15, 0.2) is 42.7 Å². The molecule has 1 amide bonds. The van der Waals surface area contributed by atoms with Crippen molar-refractivity contribution < 1.29 is 9.53 Å². The van der Waals surface area contributed by atoms with Gasteiger partial charge in [-0.05, 0) is 24.3 Å². The van der Waals surface area contributed by atoms with Gasteiger partial charge in [0.25, 0.3) is 0 Å². The van der Waals surface area contributed by atoms with Crippen molar-refractivity contribution in [2.24, 2.45) is 0 Å². The zero-order valence-corrected chi connectivity index (χ0v) is 11.4. The van der Waals surface area contributed by atoms with Crippen molar-refractivity contribution in [1.82, 2.24) is 4.98 Å². The minimum absolute atomic E-state index is 0.134. The number of aromatic nitrogens is 1. The first-order valence-electron chi connectivity index (χ1n) is 6.02. The van der Waals surface area contributed by atoms with Gasteiger partial charge in [0.1, 0.15) is 5.75 Å². The number of carbonyl (C=O) groups is 1. The molecule has 0 saturated heterocycles. The summed E-state index contributed by atoms with van der Waals surface area (Å²) in [6, 6.07) is 8.59. The number of nitrogens with zero attached hydrogens (tertiary/aromatic N) is 1. The normalized spacial score (nSPS) is 10.1. The maximum absolute atomic E-state index is 11.7. The molecule has 0 aliphatic rings. The number of anilines is 2. The smallest absolute Gasteiger partial charge is 0.227 e. The van der Waals surface area contributed by atoms with E-state index in [1.54, 1.807) is 36.5 Å². The number of hydrogen-bond donors (Lipinski definition) is 2. The predicted molar refractivity (Wildman–Crippen MR) is 78.8 cm³/mol. The van der Waals surface area contributed by atoms with Crippen LogP contribution in [0, 0.1) is 0 Å². The Morgan fingerprint density at radius 2 is 2.05 bits per heavy atom. The Labute approximate surface area is 121 Å². The highest BCUT2D eigenvalue weighted by Gasteiger charge is 2.03. The maximum Gasteiger partial charge on any atom is 0.227 e. The molecular formula is C14H14ClN3O2. The van der Waals surface area contributed by atoms with E-state index in [4.69, 9.17) is 22.1 Å². The van der Waals surface area contributed by atoms with E-state index in [-0.39, 0.29) is 18.9 Å². The number of rotatable bonds is 5. The summed E-state index contributed by atoms with van der Waals surface area (Å²) in [5, 5.41) is 3.24. The number of nitrogens with two attached hydrogens (primary N) is 1. The van der Waals surface area contributed by atoms with E-state index < -0.39 is 0 Å². The Hall–Kier alpha value is -2.27. The van der Waals surface area contributed by atoms with Gasteiger partial charge in [0.2, 0.25) is 5.91 Å². The summed E-state index contributed by atoms with van der Waals surface area (Å²) in [6.07, 6.45) is 3.29. The summed E-state index contributed by atoms with van der Waals surface area (Å²) in [5.74, 6) is 0.405. The average Bonchev–Trinajstić information content (AvgIpc) is 2.41. The second-order valence-electron chi connectivity index (χ2n) is 4.11. The third kappa shape index (κ3) is 4.44. The molecule has 0 atom stereocenters. The molecule has 2 rings (SSSR count). The highest BCUT2D eigenvalue weighted by Crippen LogP contribution is 2.15. The van der Waals surface area contributed by atoms with E-state index in [1.165, 1.54) is 6.20 Å². The zero-order valence-electron chi connectivity index (χ0n) is 10.7. The molecule has 0 saturated carbocycles. The lowest BCUT2D eigenvalue weighted by Crippen LogP contribution is -2.15. The Morgan fingerprint density at radius 1 is 1.30 bits per heavy atom. The topological polar surface area (TPSA) is 77.2 Å². The third-order valence-corrected chi connectivity index (χ3v) is 2.68. The molecule has 3 N–H and O–H groups in total. The molecule has 0 bridgehead atoms. The monoisotopic (exact) mass is 291 g/mol. The first-order chi connectivity index (χ1) is 9.63. The van der Waals surface area contributed by atoms with Crippen LogP contribution in [-0.2, 0) is 4.79 Å². The summed E-state index contributed by atoms with van der Waals surface area (Å²) in [4.78, 5) is 15.6. The number of pyridine rings is 1. The van der Waals surface area contributed by atoms with Gasteiger partial charge in [-0.3, -0.25) is 9.78 Å². The van der Waals surface area contributed by atoms with E-state index in [9.17, 15) is 4.79 Å². The van der Waals surface area contributed by atoms with Gasteiger partial charge in [0.05, 0.1) is 24.2 Å². The average molecular weight is 292 g/mol. The number of nitrogen functional groups attached to an aromatic ring is 1. The lowest BCUT2D eigenvalue weighted by Gasteiger charge is -2.07. The molecule has 5 nitrogen and oxygen atoms in total. The fraction of sp³-hybridized carbons (Fsp3) is 0.143. The molecule has 0 aliphatic carbocycles. The number of ether oxygens (including phenoxy) is 1. The second kappa shape index (κ2) is 6.77. The summed E-state index contributed by atoms with van der Waals surface area (Å²) in [7, 11) is 0. The minimum Gasteiger partial charge on any atom is -0.491 e. The predicted octanol–water partition coefficient (Wildman–Crippen LogP) is 2.72. The van der Waals surface area contributed by atoms with Crippen LogP contribution in [-0.4, -0.2) is 17.5 Å². The molecule has 6 heteroatoms. The summed E-state index contributed by atoms with van der Waals surface area (Å²) in [5.41, 5.74) is 6.92. The van der Waals surface area contributed by atoms with Crippen LogP contribution in [0.25, 0.3) is 0 Å². The van der Waals surface area contributed by atoms with Crippen molar-refractivity contribution in [3.63, 3.8) is 0 Å². The van der Waals surface area contributed by atoms with Gasteiger partial charge in [-0.25, -0.2) is 0 Å². The summed E-state index contributed by atoms with van der Waals surface area (Å²) in [6.45, 7) is 0.253. The van der Waals surface area contributed by atoms with Crippen LogP contribution in [0.1, 0.15) is 6.42 Å². The Kier molecular flexibility index (Phi) is 4.79. The second-order valence-corrected chi connectivity index (χ2v) is 4.54. The first kappa shape index (κ1) is 14.1. The largest absolute Gasteiger partial charge is 0.491 e. The van der Waals surface area contributed by atoms with Gasteiger partial charge in [0, 0.05) is 23.6 Å². The summed E-state index contributed by atoms with van der Waals surface area (Å²) < 4.78 is 5.39. The van der Waals surface area contributed by atoms with Crippen LogP contribution < -0.4 is 15.8 Å². The summed E-state index contributed by atoms with van der Waals surface area (Å²) >= 11 is 5.77. The highest BCUT2D eigenvalue weighted by atomic mass is 35.5. The van der Waals surface area contributed by atoms with Crippen molar-refractivity contribution in [1.29, 1.82) is 0 Å². The zero-order chi connectivity index (χ0) is 14.4. The van der Waals surface area contributed by atoms with E-state index in [2.05, 4.69) is 10.3 Å². The molecule has 2 aromatic rings. The van der Waals surface area contributed by atoms with Crippen molar-refractivity contribution >= 4 is 28.9 Å². The molecule has 0 radical (unpaired) electrons. The van der Waals surface area contributed by atoms with Crippen molar-refractivity contribution in [2.75, 3.05) is 17.7 Å². The van der Waals surface area contributed by atoms with Gasteiger partial charge >= 0.3 is 0 Å². The first-order valence-corrected chi connectivity index (χ1v) is 6.40. The quantitative estimate of drug-likeness (QED) is 0.830. The van der Waals surface area contributed by atoms with E-state index >= 15 is 0 Å².